The van der Waals surface area contributed by atoms with Crippen molar-refractivity contribution in [3.05, 3.63) is 35.6 Å². The number of nitrogens with zero attached hydrogens (tertiary/aromatic N) is 1. The van der Waals surface area contributed by atoms with Crippen molar-refractivity contribution in [3.63, 3.8) is 0 Å². The van der Waals surface area contributed by atoms with Crippen LogP contribution >= 0.6 is 0 Å². The maximum absolute atomic E-state index is 12.8. The monoisotopic (exact) mass is 250 g/mol. The van der Waals surface area contributed by atoms with Gasteiger partial charge in [-0.25, -0.2) is 4.39 Å². The van der Waals surface area contributed by atoms with Crippen molar-refractivity contribution in [1.29, 1.82) is 0 Å². The molecule has 100 valence electrons. The Bertz CT molecular complexity index is 344. The Kier molecular flexibility index (Phi) is 5.14. The molecule has 1 aromatic carbocycles. The number of rotatable bonds is 6. The lowest BCUT2D eigenvalue weighted by Crippen LogP contribution is -2.35. The van der Waals surface area contributed by atoms with Gasteiger partial charge in [0, 0.05) is 19.1 Å². The van der Waals surface area contributed by atoms with Gasteiger partial charge in [-0.2, -0.15) is 0 Å². The van der Waals surface area contributed by atoms with Gasteiger partial charge >= 0.3 is 0 Å². The number of benzene rings is 1. The van der Waals surface area contributed by atoms with Crippen molar-refractivity contribution < 1.29 is 4.39 Å². The molecule has 1 aliphatic heterocycles. The Morgan fingerprint density at radius 1 is 1.22 bits per heavy atom. The minimum Gasteiger partial charge on any atom is -0.313 e. The van der Waals surface area contributed by atoms with E-state index in [0.29, 0.717) is 6.04 Å². The van der Waals surface area contributed by atoms with E-state index in [1.807, 2.05) is 12.1 Å². The first-order valence-electron chi connectivity index (χ1n) is 6.94. The Balaban J connectivity index is 1.65. The summed E-state index contributed by atoms with van der Waals surface area (Å²) in [5.74, 6) is -0.159. The summed E-state index contributed by atoms with van der Waals surface area (Å²) in [5, 5.41) is 3.54. The first-order valence-corrected chi connectivity index (χ1v) is 6.94. The van der Waals surface area contributed by atoms with Crippen LogP contribution in [0.3, 0.4) is 0 Å². The maximum Gasteiger partial charge on any atom is 0.123 e. The van der Waals surface area contributed by atoms with Crippen LogP contribution in [-0.2, 0) is 6.42 Å². The third-order valence-electron chi connectivity index (χ3n) is 3.57. The smallest absolute Gasteiger partial charge is 0.123 e. The predicted octanol–water partition coefficient (Wildman–Crippen LogP) is 2.44. The summed E-state index contributed by atoms with van der Waals surface area (Å²) in [6, 6.07) is 7.25. The minimum absolute atomic E-state index is 0.159. The highest BCUT2D eigenvalue weighted by molar-refractivity contribution is 5.16. The normalized spacial score (nSPS) is 18.1. The average Bonchev–Trinajstić information content (AvgIpc) is 2.85. The quantitative estimate of drug-likeness (QED) is 0.834. The molecule has 18 heavy (non-hydrogen) atoms. The Morgan fingerprint density at radius 2 is 1.89 bits per heavy atom. The molecule has 1 aliphatic rings. The Hall–Kier alpha value is -0.930. The molecule has 3 heteroatoms. The van der Waals surface area contributed by atoms with E-state index < -0.39 is 0 Å². The number of hydrogen-bond donors (Lipinski definition) is 1. The van der Waals surface area contributed by atoms with E-state index in [1.165, 1.54) is 43.6 Å². The van der Waals surface area contributed by atoms with E-state index in [4.69, 9.17) is 0 Å². The van der Waals surface area contributed by atoms with Crippen LogP contribution in [0.5, 0.6) is 0 Å². The topological polar surface area (TPSA) is 15.3 Å². The molecule has 1 atom stereocenters. The van der Waals surface area contributed by atoms with Gasteiger partial charge in [0.2, 0.25) is 0 Å². The maximum atomic E-state index is 12.8. The molecule has 0 bridgehead atoms. The highest BCUT2D eigenvalue weighted by Gasteiger charge is 2.11. The van der Waals surface area contributed by atoms with Crippen molar-refractivity contribution in [2.24, 2.45) is 0 Å². The first kappa shape index (κ1) is 13.5. The molecule has 0 amide bonds. The van der Waals surface area contributed by atoms with Gasteiger partial charge < -0.3 is 10.2 Å². The molecule has 1 aromatic rings. The zero-order valence-electron chi connectivity index (χ0n) is 11.2. The van der Waals surface area contributed by atoms with Crippen molar-refractivity contribution in [2.75, 3.05) is 26.2 Å². The molecule has 1 saturated heterocycles. The van der Waals surface area contributed by atoms with Crippen LogP contribution in [0.15, 0.2) is 24.3 Å². The molecule has 2 nitrogen and oxygen atoms in total. The summed E-state index contributed by atoms with van der Waals surface area (Å²) in [6.07, 6.45) is 3.66. The molecular formula is C15H23FN2. The Morgan fingerprint density at radius 3 is 2.56 bits per heavy atom. The highest BCUT2D eigenvalue weighted by Crippen LogP contribution is 2.07. The van der Waals surface area contributed by atoms with Gasteiger partial charge in [-0.3, -0.25) is 0 Å². The third kappa shape index (κ3) is 4.39. The van der Waals surface area contributed by atoms with Crippen molar-refractivity contribution in [2.45, 2.75) is 32.2 Å². The molecule has 1 fully saturated rings. The first-order chi connectivity index (χ1) is 8.74. The lowest BCUT2D eigenvalue weighted by atomic mass is 10.1. The molecule has 0 radical (unpaired) electrons. The van der Waals surface area contributed by atoms with Crippen LogP contribution in [-0.4, -0.2) is 37.1 Å². The lowest BCUT2D eigenvalue weighted by molar-refractivity contribution is 0.329. The second-order valence-electron chi connectivity index (χ2n) is 5.23. The summed E-state index contributed by atoms with van der Waals surface area (Å²) in [4.78, 5) is 2.51. The highest BCUT2D eigenvalue weighted by atomic mass is 19.1. The fraction of sp³-hybridized carbons (Fsp3) is 0.600. The molecule has 0 saturated carbocycles. The van der Waals surface area contributed by atoms with Crippen molar-refractivity contribution in [3.8, 4) is 0 Å². The van der Waals surface area contributed by atoms with Crippen LogP contribution in [0, 0.1) is 5.82 Å². The molecule has 0 aliphatic carbocycles. The van der Waals surface area contributed by atoms with Gasteiger partial charge in [0.25, 0.3) is 0 Å². The molecule has 1 N–H and O–H groups in total. The minimum atomic E-state index is -0.159. The van der Waals surface area contributed by atoms with Gasteiger partial charge in [0.1, 0.15) is 5.82 Å². The Labute approximate surface area is 109 Å². The number of likely N-dealkylation sites (tertiary alicyclic amines) is 1. The van der Waals surface area contributed by atoms with Crippen LogP contribution < -0.4 is 5.32 Å². The summed E-state index contributed by atoms with van der Waals surface area (Å²) in [6.45, 7) is 6.89. The number of hydrogen-bond acceptors (Lipinski definition) is 2. The van der Waals surface area contributed by atoms with E-state index in [-0.39, 0.29) is 5.82 Å². The summed E-state index contributed by atoms with van der Waals surface area (Å²) in [5.41, 5.74) is 1.19. The van der Waals surface area contributed by atoms with Gasteiger partial charge in [0.05, 0.1) is 0 Å². The SMILES string of the molecule is CC(Cc1ccc(F)cc1)NCCN1CCCC1. The van der Waals surface area contributed by atoms with E-state index in [0.717, 1.165) is 19.5 Å². The molecule has 0 spiro atoms. The molecule has 1 unspecified atom stereocenters. The number of halogens is 1. The van der Waals surface area contributed by atoms with Gasteiger partial charge in [-0.1, -0.05) is 12.1 Å². The van der Waals surface area contributed by atoms with Crippen LogP contribution in [0.1, 0.15) is 25.3 Å². The largest absolute Gasteiger partial charge is 0.313 e. The fourth-order valence-electron chi connectivity index (χ4n) is 2.52. The predicted molar refractivity (Wildman–Crippen MR) is 73.2 cm³/mol. The average molecular weight is 250 g/mol. The summed E-state index contributed by atoms with van der Waals surface area (Å²) in [7, 11) is 0. The second-order valence-corrected chi connectivity index (χ2v) is 5.23. The van der Waals surface area contributed by atoms with E-state index in [2.05, 4.69) is 17.1 Å². The standard InChI is InChI=1S/C15H23FN2/c1-13(12-14-4-6-15(16)7-5-14)17-8-11-18-9-2-3-10-18/h4-7,13,17H,2-3,8-12H2,1H3. The molecular weight excluding hydrogens is 227 g/mol. The lowest BCUT2D eigenvalue weighted by Gasteiger charge is -2.18. The van der Waals surface area contributed by atoms with Gasteiger partial charge in [-0.15, -0.1) is 0 Å². The second kappa shape index (κ2) is 6.86. The molecule has 2 rings (SSSR count). The van der Waals surface area contributed by atoms with E-state index in [9.17, 15) is 4.39 Å². The molecule has 0 aromatic heterocycles. The van der Waals surface area contributed by atoms with Crippen molar-refractivity contribution in [1.82, 2.24) is 10.2 Å². The third-order valence-corrected chi connectivity index (χ3v) is 3.57. The van der Waals surface area contributed by atoms with Crippen LogP contribution in [0.25, 0.3) is 0 Å². The summed E-state index contributed by atoms with van der Waals surface area (Å²) < 4.78 is 12.8. The molecule has 1 heterocycles. The summed E-state index contributed by atoms with van der Waals surface area (Å²) >= 11 is 0. The van der Waals surface area contributed by atoms with Gasteiger partial charge in [0.15, 0.2) is 0 Å². The zero-order chi connectivity index (χ0) is 12.8. The van der Waals surface area contributed by atoms with Crippen LogP contribution in [0.2, 0.25) is 0 Å². The van der Waals surface area contributed by atoms with E-state index in [1.54, 1.807) is 0 Å². The zero-order valence-corrected chi connectivity index (χ0v) is 11.2. The van der Waals surface area contributed by atoms with Gasteiger partial charge in [-0.05, 0) is 57.0 Å². The van der Waals surface area contributed by atoms with Crippen LogP contribution in [0.4, 0.5) is 4.39 Å². The fourth-order valence-corrected chi connectivity index (χ4v) is 2.52. The number of nitrogens with one attached hydrogen (secondary N) is 1. The van der Waals surface area contributed by atoms with E-state index >= 15 is 0 Å². The van der Waals surface area contributed by atoms with Crippen molar-refractivity contribution >= 4 is 0 Å².